The van der Waals surface area contributed by atoms with Gasteiger partial charge in [0.05, 0.1) is 8.31 Å². The van der Waals surface area contributed by atoms with Gasteiger partial charge in [-0.15, -0.1) is 0 Å². The molecule has 33 nitrogen and oxygen atoms in total. The quantitative estimate of drug-likeness (QED) is 0.0252. The summed E-state index contributed by atoms with van der Waals surface area (Å²) in [5, 5.41) is 0. The third-order valence-electron chi connectivity index (χ3n) is 12.2. The summed E-state index contributed by atoms with van der Waals surface area (Å²) in [5.41, 5.74) is 0. The monoisotopic (exact) mass is 1650 g/mol. The van der Waals surface area contributed by atoms with Crippen molar-refractivity contribution in [3.63, 3.8) is 0 Å². The van der Waals surface area contributed by atoms with Crippen LogP contribution < -0.4 is 0 Å². The lowest BCUT2D eigenvalue weighted by Gasteiger charge is -2.70. The van der Waals surface area contributed by atoms with Crippen LogP contribution in [-0.4, -0.2) is 396 Å². The van der Waals surface area contributed by atoms with E-state index in [9.17, 15) is 101 Å². The second-order valence-corrected chi connectivity index (χ2v) is 203. The highest BCUT2D eigenvalue weighted by Crippen LogP contribution is 2.52. The molecule has 2 radical (unpaired) electrons. The van der Waals surface area contributed by atoms with Gasteiger partial charge >= 0.3 is 38.9 Å². The molecular formula is C7H82O33Si34. The van der Waals surface area contributed by atoms with Crippen molar-refractivity contribution >= 4 is 296 Å². The van der Waals surface area contributed by atoms with Crippen molar-refractivity contribution in [1.29, 1.82) is 0 Å². The smallest absolute Gasteiger partial charge is 0.338 e. The normalized spacial score (nSPS) is 25.1. The Kier molecular flexibility index (Phi) is 39.4. The summed E-state index contributed by atoms with van der Waals surface area (Å²) in [6.45, 7) is -24.7. The summed E-state index contributed by atoms with van der Waals surface area (Å²) in [6, 6.07) is 0. The van der Waals surface area contributed by atoms with E-state index >= 15 is 0 Å². The van der Waals surface area contributed by atoms with Crippen LogP contribution in [-0.2, 0) is 49.4 Å². The van der Waals surface area contributed by atoms with E-state index in [0.717, 1.165) is 0 Å². The van der Waals surface area contributed by atoms with Gasteiger partial charge in [-0.2, -0.15) is 0 Å². The Hall–Kier alpha value is 6.05. The van der Waals surface area contributed by atoms with E-state index in [0.29, 0.717) is 0 Å². The highest BCUT2D eigenvalue weighted by atomic mass is 30.5. The molecule has 444 valence electrons. The lowest BCUT2D eigenvalue weighted by Crippen LogP contribution is -3.13. The summed E-state index contributed by atoms with van der Waals surface area (Å²) >= 11 is 0. The average molecular weight is 1650 g/mol. The van der Waals surface area contributed by atoms with Crippen LogP contribution in [0.1, 0.15) is 0 Å². The average Bonchev–Trinajstić information content (AvgIpc) is 3.37. The zero-order valence-electron chi connectivity index (χ0n) is 42.4. The molecule has 6 atom stereocenters. The molecule has 0 bridgehead atoms. The van der Waals surface area contributed by atoms with E-state index in [4.69, 9.17) is 49.4 Å². The summed E-state index contributed by atoms with van der Waals surface area (Å²) in [4.78, 5) is 253. The first-order chi connectivity index (χ1) is 34.7. The van der Waals surface area contributed by atoms with Gasteiger partial charge in [0, 0.05) is 0 Å². The molecular weight excluding hydrogens is 1570 g/mol. The minimum Gasteiger partial charge on any atom is -0.441 e. The second kappa shape index (κ2) is 36.4. The van der Waals surface area contributed by atoms with Crippen LogP contribution in [0.5, 0.6) is 0 Å². The molecule has 74 heavy (non-hydrogen) atoms. The lowest BCUT2D eigenvalue weighted by molar-refractivity contribution is 0.304. The van der Waals surface area contributed by atoms with Gasteiger partial charge in [-0.1, -0.05) is 13.1 Å². The topological polar surface area (TPSA) is 536 Å². The van der Waals surface area contributed by atoms with E-state index in [2.05, 4.69) is 0 Å². The zero-order valence-corrected chi connectivity index (χ0v) is 84.6. The van der Waals surface area contributed by atoms with E-state index in [1.54, 1.807) is 26.2 Å². The Labute approximate surface area is 486 Å². The minimum absolute atomic E-state index is 1.19. The Morgan fingerprint density at radius 2 is 0.716 bits per heavy atom. The molecule has 6 unspecified atom stereocenters. The fourth-order valence-electron chi connectivity index (χ4n) is 8.97. The molecule has 0 aromatic rings. The highest BCUT2D eigenvalue weighted by Gasteiger charge is 2.99. The summed E-state index contributed by atoms with van der Waals surface area (Å²) in [5.74, 6) is 0. The fourth-order valence-corrected chi connectivity index (χ4v) is 625. The summed E-state index contributed by atoms with van der Waals surface area (Å²) in [6.07, 6.45) is 0. The maximum Gasteiger partial charge on any atom is 0.338 e. The molecule has 0 aliphatic heterocycles. The van der Waals surface area contributed by atoms with Crippen LogP contribution in [0.2, 0.25) is 45.8 Å². The van der Waals surface area contributed by atoms with Gasteiger partial charge in [-0.3, -0.25) is 0 Å². The number of hydrogen-bond donors (Lipinski definition) is 21. The third-order valence-corrected chi connectivity index (χ3v) is 360. The van der Waals surface area contributed by atoms with Crippen LogP contribution in [0.4, 0.5) is 0 Å². The molecule has 0 aliphatic carbocycles. The van der Waals surface area contributed by atoms with Crippen molar-refractivity contribution in [2.24, 2.45) is 0 Å². The van der Waals surface area contributed by atoms with E-state index in [1.807, 2.05) is 0 Å². The van der Waals surface area contributed by atoms with E-state index in [-0.39, 0.29) is 0 Å². The second-order valence-electron chi connectivity index (χ2n) is 17.3. The van der Waals surface area contributed by atoms with Crippen molar-refractivity contribution in [1.82, 2.24) is 0 Å². The van der Waals surface area contributed by atoms with E-state index < -0.39 is 296 Å². The van der Waals surface area contributed by atoms with Gasteiger partial charge < -0.3 is 150 Å². The summed E-state index contributed by atoms with van der Waals surface area (Å²) < 4.78 is 83.1. The van der Waals surface area contributed by atoms with Crippen LogP contribution >= 0.6 is 0 Å². The van der Waals surface area contributed by atoms with Gasteiger partial charge in [0.15, 0.2) is 82.6 Å². The molecule has 0 saturated heterocycles. The molecule has 0 saturated carbocycles. The fraction of sp³-hybridized carbons (Fsp3) is 1.00. The van der Waals surface area contributed by atoms with Crippen LogP contribution in [0, 0.1) is 0 Å². The lowest BCUT2D eigenvalue weighted by atomic mass is 11.9. The largest absolute Gasteiger partial charge is 0.441 e. The summed E-state index contributed by atoms with van der Waals surface area (Å²) in [7, 11) is -101. The van der Waals surface area contributed by atoms with Gasteiger partial charge in [0.25, 0.3) is 83.8 Å². The predicted octanol–water partition coefficient (Wildman–Crippen LogP) is -32.1. The van der Waals surface area contributed by atoms with Crippen LogP contribution in [0.3, 0.4) is 0 Å². The third kappa shape index (κ3) is 16.2. The Bertz CT molecular complexity index is 1510. The first-order valence-electron chi connectivity index (χ1n) is 22.2. The van der Waals surface area contributed by atoms with Crippen molar-refractivity contribution < 1.29 is 150 Å². The van der Waals surface area contributed by atoms with Gasteiger partial charge in [-0.05, 0) is 32.7 Å². The molecule has 0 aromatic carbocycles. The number of hydrogen-bond acceptors (Lipinski definition) is 33. The predicted molar refractivity (Wildman–Crippen MR) is 352 cm³/mol. The van der Waals surface area contributed by atoms with Gasteiger partial charge in [0.2, 0.25) is 82.0 Å². The maximum atomic E-state index is 13.1. The molecule has 0 aliphatic rings. The molecule has 0 heterocycles. The molecule has 67 heteroatoms. The molecule has 0 fully saturated rings. The first kappa shape index (κ1) is 80.1. The molecule has 0 aromatic heterocycles. The molecule has 0 amide bonds. The molecule has 21 N–H and O–H groups in total. The SMILES string of the molecule is C[Si](C)O[Si](C)(C)O[Si](O[Si](O[SiH2]O)([SiH2]O)[SiH](O)[Si](C)C)([Si](O[Si](O[SiH2]O)([SiH2]O)[SiH2]O)([Si](O[SiH2]O)([SiH2]O)[SiH2]O)[Si](O[SiH2]O)([SiH2]O)[SiH2]O)[Si](O[Si](O[SiH2]O)([SiH2]O)[SiH2]O)([Si](O[SiH2]O)([SiH2]O)[SiH2]O)[Si](O[SiH2]O)([SiH2]O)[SiH](C)O. The van der Waals surface area contributed by atoms with Crippen molar-refractivity contribution in [2.45, 2.75) is 45.8 Å². The van der Waals surface area contributed by atoms with Crippen molar-refractivity contribution in [3.8, 4) is 0 Å². The number of rotatable bonds is 45. The van der Waals surface area contributed by atoms with Gasteiger partial charge in [0.1, 0.15) is 0 Å². The molecule has 0 rings (SSSR count). The van der Waals surface area contributed by atoms with Crippen molar-refractivity contribution in [2.75, 3.05) is 0 Å². The van der Waals surface area contributed by atoms with Crippen LogP contribution in [0.15, 0.2) is 0 Å². The Balaban J connectivity index is 13.0. The van der Waals surface area contributed by atoms with E-state index in [1.165, 1.54) is 19.6 Å². The first-order valence-corrected chi connectivity index (χ1v) is 106. The van der Waals surface area contributed by atoms with Gasteiger partial charge in [-0.25, -0.2) is 0 Å². The minimum atomic E-state index is -6.89. The highest BCUT2D eigenvalue weighted by molar-refractivity contribution is 8.23. The standard InChI is InChI=1S/C7H82O33Si34/c1-60(2)36-64(6,7)37-68(40-67(52-19,31-43-10)63(28)61(3)4,73(69(53-20,54-21)32-44-11,70(55-22,56-23)33-45-12)38-65(48-15,49-16)29-41-8)74(71(57-24,58-25)34-46-13,39-66(50-17,51-18)30-42-9)72(59-26,35-47-14)62(5)27/h8-28,62-63H,41-59H2,1-7H3. The Morgan fingerprint density at radius 1 is 0.378 bits per heavy atom. The Morgan fingerprint density at radius 3 is 0.973 bits per heavy atom. The maximum absolute atomic E-state index is 13.1. The van der Waals surface area contributed by atoms with Crippen LogP contribution in [0.25, 0.3) is 0 Å². The van der Waals surface area contributed by atoms with Crippen molar-refractivity contribution in [3.05, 3.63) is 0 Å². The molecule has 0 spiro atoms. The zero-order chi connectivity index (χ0) is 57.7.